The molecule has 1 saturated carbocycles. The van der Waals surface area contributed by atoms with E-state index in [4.69, 9.17) is 4.98 Å². The number of thiophene rings is 1. The summed E-state index contributed by atoms with van der Waals surface area (Å²) in [4.78, 5) is 33.8. The number of carbonyl (C=O) groups excluding carboxylic acids is 1. The first kappa shape index (κ1) is 20.8. The second kappa shape index (κ2) is 8.43. The number of aromatic nitrogens is 2. The number of carbonyl (C=O) groups is 1. The van der Waals surface area contributed by atoms with Crippen LogP contribution in [0.3, 0.4) is 0 Å². The van der Waals surface area contributed by atoms with Crippen molar-refractivity contribution in [3.63, 3.8) is 0 Å². The molecule has 0 radical (unpaired) electrons. The van der Waals surface area contributed by atoms with Gasteiger partial charge in [-0.2, -0.15) is 0 Å². The Morgan fingerprint density at radius 1 is 1.26 bits per heavy atom. The van der Waals surface area contributed by atoms with Crippen LogP contribution in [0.15, 0.2) is 40.3 Å². The van der Waals surface area contributed by atoms with Gasteiger partial charge < -0.3 is 5.32 Å². The first-order valence-corrected chi connectivity index (χ1v) is 12.8. The van der Waals surface area contributed by atoms with Crippen molar-refractivity contribution < 1.29 is 4.79 Å². The number of benzene rings is 1. The normalized spacial score (nSPS) is 16.6. The third-order valence-corrected chi connectivity index (χ3v) is 8.26. The van der Waals surface area contributed by atoms with E-state index in [1.807, 2.05) is 34.9 Å². The molecule has 7 heteroatoms. The van der Waals surface area contributed by atoms with Gasteiger partial charge >= 0.3 is 0 Å². The van der Waals surface area contributed by atoms with Gasteiger partial charge in [0.1, 0.15) is 10.1 Å². The summed E-state index contributed by atoms with van der Waals surface area (Å²) in [6, 6.07) is 10.1. The maximum Gasteiger partial charge on any atom is 0.263 e. The third-order valence-electron chi connectivity index (χ3n) is 5.83. The van der Waals surface area contributed by atoms with Gasteiger partial charge in [0.25, 0.3) is 5.56 Å². The molecule has 5 rings (SSSR count). The largest absolute Gasteiger partial charge is 0.352 e. The van der Waals surface area contributed by atoms with Crippen molar-refractivity contribution >= 4 is 39.2 Å². The van der Waals surface area contributed by atoms with Crippen molar-refractivity contribution in [2.45, 2.75) is 68.9 Å². The lowest BCUT2D eigenvalue weighted by molar-refractivity contribution is -0.120. The average molecular weight is 454 g/mol. The Kier molecular flexibility index (Phi) is 5.65. The molecule has 1 atom stereocenters. The molecular formula is C24H27N3O2S2. The first-order valence-electron chi connectivity index (χ1n) is 11.1. The number of thioether (sulfide) groups is 1. The number of aryl methyl sites for hydroxylation is 2. The number of nitrogens with one attached hydrogen (secondary N) is 1. The summed E-state index contributed by atoms with van der Waals surface area (Å²) in [6.45, 7) is 4.82. The van der Waals surface area contributed by atoms with E-state index in [-0.39, 0.29) is 17.5 Å². The van der Waals surface area contributed by atoms with E-state index in [0.29, 0.717) is 17.6 Å². The molecule has 1 N–H and O–H groups in total. The lowest BCUT2D eigenvalue weighted by Gasteiger charge is -2.20. The van der Waals surface area contributed by atoms with Gasteiger partial charge in [-0.05, 0) is 49.1 Å². The van der Waals surface area contributed by atoms with Crippen molar-refractivity contribution in [2.75, 3.05) is 0 Å². The van der Waals surface area contributed by atoms with Gasteiger partial charge in [-0.15, -0.1) is 11.3 Å². The summed E-state index contributed by atoms with van der Waals surface area (Å²) in [6.07, 6.45) is 5.21. The summed E-state index contributed by atoms with van der Waals surface area (Å²) in [7, 11) is 0. The minimum atomic E-state index is -0.434. The highest BCUT2D eigenvalue weighted by Gasteiger charge is 2.31. The molecule has 2 aliphatic rings. The van der Waals surface area contributed by atoms with Gasteiger partial charge in [-0.3, -0.25) is 14.2 Å². The van der Waals surface area contributed by atoms with Crippen molar-refractivity contribution in [3.05, 3.63) is 56.7 Å². The zero-order chi connectivity index (χ0) is 21.5. The van der Waals surface area contributed by atoms with E-state index < -0.39 is 5.25 Å². The highest BCUT2D eigenvalue weighted by Crippen LogP contribution is 2.39. The second-order valence-electron chi connectivity index (χ2n) is 8.93. The Morgan fingerprint density at radius 3 is 2.74 bits per heavy atom. The van der Waals surface area contributed by atoms with Crippen LogP contribution < -0.4 is 10.9 Å². The number of fused-ring (bicyclic) bond motifs is 3. The molecule has 1 fully saturated rings. The second-order valence-corrected chi connectivity index (χ2v) is 11.1. The molecule has 31 heavy (non-hydrogen) atoms. The number of nitrogens with zero attached hydrogens (tertiary/aromatic N) is 2. The van der Waals surface area contributed by atoms with Gasteiger partial charge in [-0.25, -0.2) is 4.98 Å². The average Bonchev–Trinajstić information content (AvgIpc) is 3.32. The van der Waals surface area contributed by atoms with Crippen molar-refractivity contribution in [1.29, 1.82) is 0 Å². The minimum absolute atomic E-state index is 0.00202. The van der Waals surface area contributed by atoms with Crippen molar-refractivity contribution in [3.8, 4) is 0 Å². The first-order chi connectivity index (χ1) is 15.0. The zero-order valence-electron chi connectivity index (χ0n) is 17.9. The number of rotatable bonds is 7. The molecule has 1 aromatic carbocycles. The Balaban J connectivity index is 1.59. The molecule has 2 aromatic heterocycles. The van der Waals surface area contributed by atoms with Crippen molar-refractivity contribution in [2.24, 2.45) is 5.92 Å². The maximum atomic E-state index is 13.6. The summed E-state index contributed by atoms with van der Waals surface area (Å²) in [5.74, 6) is 0.302. The predicted octanol–water partition coefficient (Wildman–Crippen LogP) is 4.71. The molecule has 0 saturated heterocycles. The Labute approximate surface area is 190 Å². The van der Waals surface area contributed by atoms with Gasteiger partial charge in [0.15, 0.2) is 5.16 Å². The van der Waals surface area contributed by atoms with E-state index in [9.17, 15) is 9.59 Å². The fraction of sp³-hybridized carbons (Fsp3) is 0.458. The number of hydrogen-bond donors (Lipinski definition) is 1. The fourth-order valence-electron chi connectivity index (χ4n) is 4.19. The Hall–Kier alpha value is -2.12. The van der Waals surface area contributed by atoms with Crippen LogP contribution in [0.5, 0.6) is 0 Å². The van der Waals surface area contributed by atoms with Crippen LogP contribution in [0.2, 0.25) is 0 Å². The molecule has 0 spiro atoms. The van der Waals surface area contributed by atoms with E-state index in [1.165, 1.54) is 22.2 Å². The summed E-state index contributed by atoms with van der Waals surface area (Å²) < 4.78 is 1.81. The molecule has 0 bridgehead atoms. The molecule has 2 heterocycles. The monoisotopic (exact) mass is 453 g/mol. The number of hydrogen-bond acceptors (Lipinski definition) is 5. The van der Waals surface area contributed by atoms with Gasteiger partial charge in [0.2, 0.25) is 5.91 Å². The zero-order valence-corrected chi connectivity index (χ0v) is 19.5. The van der Waals surface area contributed by atoms with Crippen LogP contribution in [0.1, 0.15) is 54.4 Å². The van der Waals surface area contributed by atoms with E-state index >= 15 is 0 Å². The molecule has 2 aliphatic carbocycles. The van der Waals surface area contributed by atoms with Crippen molar-refractivity contribution in [1.82, 2.24) is 14.9 Å². The van der Waals surface area contributed by atoms with Gasteiger partial charge in [0, 0.05) is 17.5 Å². The molecular weight excluding hydrogens is 426 g/mol. The van der Waals surface area contributed by atoms with Crippen LogP contribution in [0.25, 0.3) is 10.2 Å². The molecule has 0 aliphatic heterocycles. The van der Waals surface area contributed by atoms with Crippen LogP contribution in [-0.2, 0) is 24.2 Å². The standard InChI is InChI=1S/C24H27N3O2S2/c1-14(2)13-27-23(29)19-17-9-6-10-18(17)30-22(19)26-24(27)31-20(15-7-4-3-5-8-15)21(28)25-16-11-12-16/h3-5,7-8,14,16,20H,6,9-13H2,1-2H3,(H,25,28)/t20-/m0/s1. The molecule has 162 valence electrons. The summed E-state index contributed by atoms with van der Waals surface area (Å²) in [5, 5.41) is 4.16. The topological polar surface area (TPSA) is 64.0 Å². The summed E-state index contributed by atoms with van der Waals surface area (Å²) in [5.41, 5.74) is 2.19. The maximum absolute atomic E-state index is 13.6. The minimum Gasteiger partial charge on any atom is -0.352 e. The Bertz CT molecular complexity index is 1180. The molecule has 0 unspecified atom stereocenters. The van der Waals surface area contributed by atoms with Gasteiger partial charge in [-0.1, -0.05) is 55.9 Å². The van der Waals surface area contributed by atoms with Crippen LogP contribution >= 0.6 is 23.1 Å². The quantitative estimate of drug-likeness (QED) is 0.415. The molecule has 1 amide bonds. The molecule has 5 nitrogen and oxygen atoms in total. The lowest BCUT2D eigenvalue weighted by atomic mass is 10.1. The lowest BCUT2D eigenvalue weighted by Crippen LogP contribution is -2.31. The smallest absolute Gasteiger partial charge is 0.263 e. The highest BCUT2D eigenvalue weighted by molar-refractivity contribution is 8.00. The summed E-state index contributed by atoms with van der Waals surface area (Å²) >= 11 is 3.06. The highest BCUT2D eigenvalue weighted by atomic mass is 32.2. The Morgan fingerprint density at radius 2 is 2.03 bits per heavy atom. The van der Waals surface area contributed by atoms with E-state index in [0.717, 1.165) is 47.9 Å². The molecule has 3 aromatic rings. The van der Waals surface area contributed by atoms with Gasteiger partial charge in [0.05, 0.1) is 5.39 Å². The van der Waals surface area contributed by atoms with Crippen LogP contribution in [0, 0.1) is 5.92 Å². The fourth-order valence-corrected chi connectivity index (χ4v) is 6.60. The van der Waals surface area contributed by atoms with E-state index in [2.05, 4.69) is 19.2 Å². The van der Waals surface area contributed by atoms with Crippen LogP contribution in [0.4, 0.5) is 0 Å². The predicted molar refractivity (Wildman–Crippen MR) is 127 cm³/mol. The van der Waals surface area contributed by atoms with Crippen LogP contribution in [-0.4, -0.2) is 21.5 Å². The number of amides is 1. The van der Waals surface area contributed by atoms with E-state index in [1.54, 1.807) is 11.3 Å². The third kappa shape index (κ3) is 4.17. The SMILES string of the molecule is CC(C)Cn1c(S[C@H](C(=O)NC2CC2)c2ccccc2)nc2sc3c(c2c1=O)CCC3.